The van der Waals surface area contributed by atoms with E-state index in [2.05, 4.69) is 0 Å². The first-order valence-corrected chi connectivity index (χ1v) is 2.20. The van der Waals surface area contributed by atoms with Crippen LogP contribution in [0.25, 0.3) is 0 Å². The summed E-state index contributed by atoms with van der Waals surface area (Å²) in [6, 6.07) is 9.49. The van der Waals surface area contributed by atoms with Gasteiger partial charge in [-0.3, -0.25) is 0 Å². The first-order valence-electron chi connectivity index (χ1n) is 2.20. The maximum atomic E-state index is 5.36. The summed E-state index contributed by atoms with van der Waals surface area (Å²) in [5, 5.41) is 0. The van der Waals surface area contributed by atoms with Crippen LogP contribution in [0.15, 0.2) is 30.3 Å². The Kier molecular flexibility index (Phi) is 0.984. The van der Waals surface area contributed by atoms with Crippen molar-refractivity contribution in [2.45, 2.75) is 0 Å². The Bertz CT molecular complexity index is 134. The van der Waals surface area contributed by atoms with Gasteiger partial charge in [0.1, 0.15) is 0 Å². The van der Waals surface area contributed by atoms with E-state index >= 15 is 0 Å². The molecule has 1 aromatic rings. The van der Waals surface area contributed by atoms with E-state index in [4.69, 9.17) is 5.73 Å². The number of hydrogen-bond acceptors (Lipinski definition) is 1. The van der Waals surface area contributed by atoms with E-state index in [0.29, 0.717) is 0 Å². The number of rotatable bonds is 0. The second kappa shape index (κ2) is 1.65. The molecule has 0 unspecified atom stereocenters. The van der Waals surface area contributed by atoms with Gasteiger partial charge in [0.15, 0.2) is 0 Å². The summed E-state index contributed by atoms with van der Waals surface area (Å²) in [7, 11) is 0. The van der Waals surface area contributed by atoms with Crippen LogP contribution in [0, 0.1) is 0 Å². The highest BCUT2D eigenvalue weighted by atomic mass is 15.5. The van der Waals surface area contributed by atoms with Gasteiger partial charge in [-0.2, -0.15) is 0 Å². The van der Waals surface area contributed by atoms with Gasteiger partial charge in [-0.15, -0.1) is 0 Å². The number of nitrogen functional groups attached to an aromatic ring is 1. The molecular weight excluding hydrogens is 93.0 g/mol. The molecule has 0 aliphatic rings. The zero-order valence-electron chi connectivity index (χ0n) is 3.96. The fourth-order valence-corrected chi connectivity index (χ4v) is 0.453. The quantitative estimate of drug-likeness (QED) is 0.385. The average molecular weight is 100 g/mol. The summed E-state index contributed by atoms with van der Waals surface area (Å²) in [5.41, 5.74) is 6.18. The molecule has 7 heavy (non-hydrogen) atoms. The molecule has 1 rings (SSSR count). The predicted molar refractivity (Wildman–Crippen MR) is 30.9 cm³/mol. The van der Waals surface area contributed by atoms with Gasteiger partial charge in [-0.05, 0) is 12.1 Å². The molecule has 0 bridgehead atoms. The minimum atomic E-state index is 0.822. The van der Waals surface area contributed by atoms with Crippen LogP contribution in [0.1, 0.15) is 0 Å². The maximum absolute atomic E-state index is 5.36. The Labute approximate surface area is 42.8 Å². The third-order valence-electron chi connectivity index (χ3n) is 0.800. The van der Waals surface area contributed by atoms with Gasteiger partial charge in [-0.25, -0.2) is 0 Å². The Balaban J connectivity index is 3.02. The number of hydrogen-bond donors (Lipinski definition) is 1. The second-order valence-electron chi connectivity index (χ2n) is 1.41. The van der Waals surface area contributed by atoms with Crippen molar-refractivity contribution in [3.63, 3.8) is 0 Å². The molecule has 0 aliphatic heterocycles. The Morgan fingerprint density at radius 2 is 1.57 bits per heavy atom. The standard InChI is InChI=1S/C6H7N/c7-6-4-2-1-3-5-6/h1-5H,7H2/i1+1,2+1,3+1,4+1,5+1,6+1,7+1. The minimum Gasteiger partial charge on any atom is -0.399 e. The van der Waals surface area contributed by atoms with E-state index in [-0.39, 0.29) is 0 Å². The van der Waals surface area contributed by atoms with Crippen molar-refractivity contribution in [1.82, 2.24) is 0 Å². The van der Waals surface area contributed by atoms with Gasteiger partial charge in [0.25, 0.3) is 0 Å². The van der Waals surface area contributed by atoms with Gasteiger partial charge in [-0.1, -0.05) is 18.2 Å². The first-order chi connectivity index (χ1) is 3.39. The summed E-state index contributed by atoms with van der Waals surface area (Å²) in [6.07, 6.45) is 0. The highest BCUT2D eigenvalue weighted by Gasteiger charge is 1.72. The summed E-state index contributed by atoms with van der Waals surface area (Å²) in [5.74, 6) is 0. The molecule has 2 N–H and O–H groups in total. The van der Waals surface area contributed by atoms with E-state index in [1.54, 1.807) is 0 Å². The molecule has 0 atom stereocenters. The maximum Gasteiger partial charge on any atom is 0.0313 e. The van der Waals surface area contributed by atoms with Gasteiger partial charge in [0, 0.05) is 5.69 Å². The lowest BCUT2D eigenvalue weighted by molar-refractivity contribution is 1.69. The second-order valence-corrected chi connectivity index (χ2v) is 1.41. The first kappa shape index (κ1) is 4.19. The van der Waals surface area contributed by atoms with Crippen molar-refractivity contribution in [3.05, 3.63) is 30.3 Å². The summed E-state index contributed by atoms with van der Waals surface area (Å²) in [6.45, 7) is 0. The molecule has 0 heterocycles. The minimum absolute atomic E-state index is 0.822. The van der Waals surface area contributed by atoms with Crippen LogP contribution in [0.3, 0.4) is 0 Å². The van der Waals surface area contributed by atoms with Gasteiger partial charge >= 0.3 is 0 Å². The summed E-state index contributed by atoms with van der Waals surface area (Å²) >= 11 is 0. The van der Waals surface area contributed by atoms with Crippen LogP contribution in [0.4, 0.5) is 5.69 Å². The molecule has 0 aromatic heterocycles. The van der Waals surface area contributed by atoms with Crippen LogP contribution >= 0.6 is 0 Å². The number of nitrogens with two attached hydrogens (primary N) is 1. The molecule has 0 amide bonds. The van der Waals surface area contributed by atoms with Crippen molar-refractivity contribution in [1.29, 1.82) is 0 Å². The topological polar surface area (TPSA) is 26.0 Å². The highest BCUT2D eigenvalue weighted by Crippen LogP contribution is 1.95. The van der Waals surface area contributed by atoms with Gasteiger partial charge in [0.2, 0.25) is 0 Å². The fraction of sp³-hybridized carbons (Fsp3) is 0. The number of benzene rings is 1. The zero-order valence-corrected chi connectivity index (χ0v) is 3.96. The average Bonchev–Trinajstić information content (AvgIpc) is 1.69. The monoisotopic (exact) mass is 100 g/mol. The highest BCUT2D eigenvalue weighted by molar-refractivity contribution is 5.35. The number of anilines is 1. The Morgan fingerprint density at radius 3 is 1.86 bits per heavy atom. The van der Waals surface area contributed by atoms with E-state index in [1.807, 2.05) is 30.3 Å². The van der Waals surface area contributed by atoms with Crippen LogP contribution in [-0.4, -0.2) is 0 Å². The van der Waals surface area contributed by atoms with Crippen molar-refractivity contribution in [3.8, 4) is 0 Å². The molecule has 1 heteroatoms. The van der Waals surface area contributed by atoms with E-state index in [0.717, 1.165) is 5.69 Å². The molecule has 0 saturated heterocycles. The van der Waals surface area contributed by atoms with Crippen LogP contribution in [-0.2, 0) is 0 Å². The third-order valence-corrected chi connectivity index (χ3v) is 0.800. The molecule has 1 nitrogen and oxygen atoms in total. The van der Waals surface area contributed by atoms with Crippen LogP contribution in [0.2, 0.25) is 0 Å². The van der Waals surface area contributed by atoms with Gasteiger partial charge < -0.3 is 5.73 Å². The lowest BCUT2D eigenvalue weighted by atomic mass is 11.3. The van der Waals surface area contributed by atoms with Crippen LogP contribution < -0.4 is 5.73 Å². The third kappa shape index (κ3) is 0.929. The van der Waals surface area contributed by atoms with E-state index < -0.39 is 0 Å². The molecule has 1 aromatic carbocycles. The normalized spacial score (nSPS) is 8.57. The zero-order chi connectivity index (χ0) is 5.11. The lowest BCUT2D eigenvalue weighted by Gasteiger charge is -1.83. The predicted octanol–water partition coefficient (Wildman–Crippen LogP) is 1.27. The summed E-state index contributed by atoms with van der Waals surface area (Å²) in [4.78, 5) is 0. The van der Waals surface area contributed by atoms with Crippen molar-refractivity contribution >= 4 is 5.69 Å². The Morgan fingerprint density at radius 1 is 1.00 bits per heavy atom. The molecular formula is C6H7N. The van der Waals surface area contributed by atoms with E-state index in [9.17, 15) is 0 Å². The fourth-order valence-electron chi connectivity index (χ4n) is 0.453. The summed E-state index contributed by atoms with van der Waals surface area (Å²) < 4.78 is 0. The lowest BCUT2D eigenvalue weighted by Crippen LogP contribution is -1.79. The number of para-hydroxylation sites is 1. The van der Waals surface area contributed by atoms with Gasteiger partial charge in [0.05, 0.1) is 0 Å². The molecule has 0 saturated carbocycles. The van der Waals surface area contributed by atoms with Crippen molar-refractivity contribution in [2.75, 3.05) is 5.73 Å². The molecule has 0 fully saturated rings. The van der Waals surface area contributed by atoms with E-state index in [1.165, 1.54) is 0 Å². The Hall–Kier alpha value is -0.980. The molecule has 36 valence electrons. The van der Waals surface area contributed by atoms with Crippen molar-refractivity contribution < 1.29 is 0 Å². The molecule has 0 radical (unpaired) electrons. The largest absolute Gasteiger partial charge is 0.399 e. The van der Waals surface area contributed by atoms with Crippen molar-refractivity contribution in [2.24, 2.45) is 0 Å². The molecule has 0 aliphatic carbocycles. The smallest absolute Gasteiger partial charge is 0.0313 e. The SMILES string of the molecule is [15NH2][13c]1[13cH][13cH][13cH][13cH][13cH]1. The molecule has 0 spiro atoms. The van der Waals surface area contributed by atoms with Crippen LogP contribution in [0.5, 0.6) is 0 Å².